The van der Waals surface area contributed by atoms with Crippen molar-refractivity contribution >= 4 is 11.6 Å². The van der Waals surface area contributed by atoms with Gasteiger partial charge in [0.1, 0.15) is 12.4 Å². The largest absolute Gasteiger partial charge is 0.491 e. The lowest BCUT2D eigenvalue weighted by Gasteiger charge is -2.27. The zero-order valence-corrected chi connectivity index (χ0v) is 12.3. The molecule has 1 heterocycles. The number of amides is 1. The molecule has 0 unspecified atom stereocenters. The van der Waals surface area contributed by atoms with Crippen molar-refractivity contribution in [3.63, 3.8) is 0 Å². The molecule has 0 atom stereocenters. The minimum atomic E-state index is 0.0870. The van der Waals surface area contributed by atoms with E-state index in [2.05, 4.69) is 5.32 Å². The first-order valence-corrected chi connectivity index (χ1v) is 7.11. The number of morpholine rings is 1. The number of methoxy groups -OCH3 is 1. The molecule has 0 aromatic heterocycles. The van der Waals surface area contributed by atoms with E-state index in [0.29, 0.717) is 39.5 Å². The Hall–Kier alpha value is -1.79. The van der Waals surface area contributed by atoms with E-state index in [9.17, 15) is 4.79 Å². The van der Waals surface area contributed by atoms with Crippen LogP contribution in [0.4, 0.5) is 5.69 Å². The van der Waals surface area contributed by atoms with Crippen molar-refractivity contribution in [1.29, 1.82) is 0 Å². The second-order valence-electron chi connectivity index (χ2n) is 4.72. The first-order chi connectivity index (χ1) is 10.3. The zero-order chi connectivity index (χ0) is 14.9. The SMILES string of the molecule is COCCOc1cccc(NCC(=O)N2CCOCC2)c1. The predicted octanol–water partition coefficient (Wildman–Crippen LogP) is 0.982. The molecule has 1 N–H and O–H groups in total. The molecule has 21 heavy (non-hydrogen) atoms. The Bertz CT molecular complexity index is 447. The molecule has 0 saturated carbocycles. The molecule has 1 aliphatic heterocycles. The van der Waals surface area contributed by atoms with E-state index in [4.69, 9.17) is 14.2 Å². The third-order valence-electron chi connectivity index (χ3n) is 3.20. The lowest BCUT2D eigenvalue weighted by atomic mass is 10.3. The summed E-state index contributed by atoms with van der Waals surface area (Å²) in [6.07, 6.45) is 0. The van der Waals surface area contributed by atoms with Crippen LogP contribution in [-0.2, 0) is 14.3 Å². The van der Waals surface area contributed by atoms with Crippen molar-refractivity contribution in [3.05, 3.63) is 24.3 Å². The topological polar surface area (TPSA) is 60.0 Å². The summed E-state index contributed by atoms with van der Waals surface area (Å²) in [6, 6.07) is 7.56. The third-order valence-corrected chi connectivity index (χ3v) is 3.20. The van der Waals surface area contributed by atoms with E-state index in [1.807, 2.05) is 29.2 Å². The second-order valence-corrected chi connectivity index (χ2v) is 4.72. The average Bonchev–Trinajstić information content (AvgIpc) is 2.54. The number of nitrogens with zero attached hydrogens (tertiary/aromatic N) is 1. The van der Waals surface area contributed by atoms with Gasteiger partial charge in [0, 0.05) is 32.0 Å². The van der Waals surface area contributed by atoms with Crippen LogP contribution in [0.15, 0.2) is 24.3 Å². The van der Waals surface area contributed by atoms with Gasteiger partial charge in [-0.3, -0.25) is 4.79 Å². The summed E-state index contributed by atoms with van der Waals surface area (Å²) >= 11 is 0. The maximum Gasteiger partial charge on any atom is 0.242 e. The van der Waals surface area contributed by atoms with Crippen molar-refractivity contribution in [2.24, 2.45) is 0 Å². The quantitative estimate of drug-likeness (QED) is 0.760. The van der Waals surface area contributed by atoms with Crippen LogP contribution in [0.1, 0.15) is 0 Å². The van der Waals surface area contributed by atoms with E-state index in [-0.39, 0.29) is 12.5 Å². The Morgan fingerprint density at radius 1 is 1.33 bits per heavy atom. The summed E-state index contributed by atoms with van der Waals surface area (Å²) in [5.41, 5.74) is 0.867. The molecule has 116 valence electrons. The second kappa shape index (κ2) is 8.49. The van der Waals surface area contributed by atoms with E-state index < -0.39 is 0 Å². The van der Waals surface area contributed by atoms with Gasteiger partial charge in [0.2, 0.25) is 5.91 Å². The summed E-state index contributed by atoms with van der Waals surface area (Å²) < 4.78 is 15.7. The fourth-order valence-electron chi connectivity index (χ4n) is 2.04. The molecule has 0 spiro atoms. The number of carbonyl (C=O) groups is 1. The van der Waals surface area contributed by atoms with E-state index in [1.54, 1.807) is 7.11 Å². The highest BCUT2D eigenvalue weighted by Gasteiger charge is 2.16. The summed E-state index contributed by atoms with van der Waals surface area (Å²) in [7, 11) is 1.64. The standard InChI is InChI=1S/C15H22N2O4/c1-19-9-10-21-14-4-2-3-13(11-14)16-12-15(18)17-5-7-20-8-6-17/h2-4,11,16H,5-10,12H2,1H3. The number of ether oxygens (including phenoxy) is 3. The lowest BCUT2D eigenvalue weighted by molar-refractivity contribution is -0.133. The Morgan fingerprint density at radius 3 is 2.90 bits per heavy atom. The Labute approximate surface area is 125 Å². The highest BCUT2D eigenvalue weighted by Crippen LogP contribution is 2.17. The highest BCUT2D eigenvalue weighted by molar-refractivity contribution is 5.81. The monoisotopic (exact) mass is 294 g/mol. The minimum absolute atomic E-state index is 0.0870. The molecular weight excluding hydrogens is 272 g/mol. The molecule has 1 saturated heterocycles. The van der Waals surface area contributed by atoms with Gasteiger partial charge < -0.3 is 24.4 Å². The van der Waals surface area contributed by atoms with Gasteiger partial charge in [-0.25, -0.2) is 0 Å². The fourth-order valence-corrected chi connectivity index (χ4v) is 2.04. The number of rotatable bonds is 7. The number of carbonyl (C=O) groups excluding carboxylic acids is 1. The van der Waals surface area contributed by atoms with Crippen LogP contribution in [-0.4, -0.2) is 64.0 Å². The number of hydrogen-bond acceptors (Lipinski definition) is 5. The fraction of sp³-hybridized carbons (Fsp3) is 0.533. The molecule has 0 bridgehead atoms. The maximum atomic E-state index is 12.0. The van der Waals surface area contributed by atoms with Crippen molar-refractivity contribution < 1.29 is 19.0 Å². The van der Waals surface area contributed by atoms with Crippen LogP contribution in [0.25, 0.3) is 0 Å². The van der Waals surface area contributed by atoms with Crippen molar-refractivity contribution in [2.45, 2.75) is 0 Å². The normalized spacial score (nSPS) is 14.8. The number of benzene rings is 1. The van der Waals surface area contributed by atoms with Gasteiger partial charge in [0.15, 0.2) is 0 Å². The van der Waals surface area contributed by atoms with Gasteiger partial charge in [-0.15, -0.1) is 0 Å². The molecule has 1 fully saturated rings. The van der Waals surface area contributed by atoms with Crippen molar-refractivity contribution in [3.8, 4) is 5.75 Å². The number of anilines is 1. The molecular formula is C15H22N2O4. The molecule has 6 nitrogen and oxygen atoms in total. The highest BCUT2D eigenvalue weighted by atomic mass is 16.5. The van der Waals surface area contributed by atoms with Gasteiger partial charge in [-0.1, -0.05) is 6.07 Å². The first-order valence-electron chi connectivity index (χ1n) is 7.11. The molecule has 1 aliphatic rings. The Morgan fingerprint density at radius 2 is 2.14 bits per heavy atom. The van der Waals surface area contributed by atoms with Gasteiger partial charge in [0.05, 0.1) is 26.4 Å². The smallest absolute Gasteiger partial charge is 0.242 e. The van der Waals surface area contributed by atoms with E-state index in [1.165, 1.54) is 0 Å². The van der Waals surface area contributed by atoms with Crippen LogP contribution < -0.4 is 10.1 Å². The third kappa shape index (κ3) is 5.24. The van der Waals surface area contributed by atoms with Crippen LogP contribution in [0, 0.1) is 0 Å². The maximum absolute atomic E-state index is 12.0. The van der Waals surface area contributed by atoms with E-state index >= 15 is 0 Å². The van der Waals surface area contributed by atoms with Gasteiger partial charge in [0.25, 0.3) is 0 Å². The molecule has 2 rings (SSSR count). The molecule has 1 aromatic rings. The molecule has 1 aromatic carbocycles. The first kappa shape index (κ1) is 15.6. The summed E-state index contributed by atoms with van der Waals surface area (Å²) in [5.74, 6) is 0.847. The summed E-state index contributed by atoms with van der Waals surface area (Å²) in [6.45, 7) is 3.91. The van der Waals surface area contributed by atoms with Crippen LogP contribution in [0.3, 0.4) is 0 Å². The Kier molecular flexibility index (Phi) is 6.30. The lowest BCUT2D eigenvalue weighted by Crippen LogP contribution is -2.43. The van der Waals surface area contributed by atoms with Crippen LogP contribution in [0.2, 0.25) is 0 Å². The van der Waals surface area contributed by atoms with Crippen LogP contribution in [0.5, 0.6) is 5.75 Å². The van der Waals surface area contributed by atoms with Crippen molar-refractivity contribution in [2.75, 3.05) is 58.5 Å². The predicted molar refractivity (Wildman–Crippen MR) is 79.7 cm³/mol. The molecule has 6 heteroatoms. The molecule has 1 amide bonds. The summed E-state index contributed by atoms with van der Waals surface area (Å²) in [4.78, 5) is 13.8. The molecule has 0 aliphatic carbocycles. The van der Waals surface area contributed by atoms with E-state index in [0.717, 1.165) is 11.4 Å². The van der Waals surface area contributed by atoms with Crippen molar-refractivity contribution in [1.82, 2.24) is 4.90 Å². The van der Waals surface area contributed by atoms with Gasteiger partial charge >= 0.3 is 0 Å². The van der Waals surface area contributed by atoms with Gasteiger partial charge in [-0.2, -0.15) is 0 Å². The number of hydrogen-bond donors (Lipinski definition) is 1. The summed E-state index contributed by atoms with van der Waals surface area (Å²) in [5, 5.41) is 3.13. The average molecular weight is 294 g/mol. The zero-order valence-electron chi connectivity index (χ0n) is 12.3. The van der Waals surface area contributed by atoms with Crippen LogP contribution >= 0.6 is 0 Å². The Balaban J connectivity index is 1.79. The minimum Gasteiger partial charge on any atom is -0.491 e. The molecule has 0 radical (unpaired) electrons. The van der Waals surface area contributed by atoms with Gasteiger partial charge in [-0.05, 0) is 12.1 Å². The number of nitrogens with one attached hydrogen (secondary N) is 1.